The number of nitrogens with zero attached hydrogens (tertiary/aromatic N) is 2. The summed E-state index contributed by atoms with van der Waals surface area (Å²) in [4.78, 5) is 31.6. The molecule has 0 aliphatic carbocycles. The molecule has 33 heavy (non-hydrogen) atoms. The van der Waals surface area contributed by atoms with Crippen molar-refractivity contribution in [1.29, 1.82) is 0 Å². The second-order valence-electron chi connectivity index (χ2n) is 7.50. The third-order valence-corrected chi connectivity index (χ3v) is 6.12. The van der Waals surface area contributed by atoms with Crippen LogP contribution in [-0.4, -0.2) is 26.0 Å². The Labute approximate surface area is 195 Å². The first-order valence-corrected chi connectivity index (χ1v) is 11.2. The minimum Gasteiger partial charge on any atom is -0.332 e. The van der Waals surface area contributed by atoms with Crippen molar-refractivity contribution >= 4 is 29.0 Å². The first-order chi connectivity index (χ1) is 15.9. The number of rotatable bonds is 7. The highest BCUT2D eigenvalue weighted by Gasteiger charge is 2.21. The van der Waals surface area contributed by atoms with Gasteiger partial charge in [0.05, 0.1) is 27.2 Å². The summed E-state index contributed by atoms with van der Waals surface area (Å²) in [5.41, 5.74) is 4.78. The Morgan fingerprint density at radius 2 is 1.67 bits per heavy atom. The smallest absolute Gasteiger partial charge is 0.271 e. The Kier molecular flexibility index (Phi) is 6.55. The standard InChI is InChI=1S/C25H22N4O3S/c1-16-13-14-20(29(31)32)15-21(16)26-24(30)17(2)33-25-27-22(18-9-5-3-6-10-18)23(28-25)19-11-7-4-8-12-19/h3-15,17H,1-2H3,(H,26,30)(H,27,28). The van der Waals surface area contributed by atoms with Gasteiger partial charge in [0, 0.05) is 23.3 Å². The average Bonchev–Trinajstić information content (AvgIpc) is 3.25. The molecule has 0 aliphatic heterocycles. The SMILES string of the molecule is Cc1ccc([N+](=O)[O-])cc1NC(=O)C(C)Sc1nc(-c2ccccc2)c(-c2ccccc2)[nH]1. The number of nitro groups is 1. The van der Waals surface area contributed by atoms with Crippen molar-refractivity contribution < 1.29 is 9.72 Å². The van der Waals surface area contributed by atoms with E-state index in [1.165, 1.54) is 23.9 Å². The summed E-state index contributed by atoms with van der Waals surface area (Å²) in [7, 11) is 0. The molecule has 1 heterocycles. The Balaban J connectivity index is 1.58. The zero-order valence-corrected chi connectivity index (χ0v) is 18.9. The van der Waals surface area contributed by atoms with Crippen LogP contribution >= 0.6 is 11.8 Å². The number of carbonyl (C=O) groups is 1. The Morgan fingerprint density at radius 1 is 1.03 bits per heavy atom. The molecular formula is C25H22N4O3S. The lowest BCUT2D eigenvalue weighted by Gasteiger charge is -2.12. The van der Waals surface area contributed by atoms with Gasteiger partial charge in [0.15, 0.2) is 5.16 Å². The van der Waals surface area contributed by atoms with Gasteiger partial charge in [-0.15, -0.1) is 0 Å². The van der Waals surface area contributed by atoms with E-state index in [9.17, 15) is 14.9 Å². The number of amides is 1. The van der Waals surface area contributed by atoms with Gasteiger partial charge in [-0.3, -0.25) is 14.9 Å². The molecule has 0 saturated carbocycles. The van der Waals surface area contributed by atoms with Crippen LogP contribution < -0.4 is 5.32 Å². The fourth-order valence-corrected chi connectivity index (χ4v) is 4.15. The first kappa shape index (κ1) is 22.3. The maximum absolute atomic E-state index is 12.8. The minimum atomic E-state index is -0.484. The number of hydrogen-bond donors (Lipinski definition) is 2. The summed E-state index contributed by atoms with van der Waals surface area (Å²) in [5, 5.41) is 14.0. The quantitative estimate of drug-likeness (QED) is 0.199. The third-order valence-electron chi connectivity index (χ3n) is 5.14. The number of aromatic nitrogens is 2. The van der Waals surface area contributed by atoms with Crippen LogP contribution in [0.1, 0.15) is 12.5 Å². The van der Waals surface area contributed by atoms with Gasteiger partial charge < -0.3 is 10.3 Å². The van der Waals surface area contributed by atoms with Crippen molar-refractivity contribution in [2.24, 2.45) is 0 Å². The Morgan fingerprint density at radius 3 is 2.30 bits per heavy atom. The van der Waals surface area contributed by atoms with Crippen molar-refractivity contribution in [2.75, 3.05) is 5.32 Å². The molecule has 0 bridgehead atoms. The van der Waals surface area contributed by atoms with Crippen molar-refractivity contribution in [3.63, 3.8) is 0 Å². The van der Waals surface area contributed by atoms with E-state index in [0.29, 0.717) is 10.8 Å². The third kappa shape index (κ3) is 5.12. The number of carbonyl (C=O) groups excluding carboxylic acids is 1. The van der Waals surface area contributed by atoms with E-state index < -0.39 is 10.2 Å². The van der Waals surface area contributed by atoms with Crippen LogP contribution in [0.4, 0.5) is 11.4 Å². The molecule has 1 unspecified atom stereocenters. The molecule has 4 aromatic rings. The summed E-state index contributed by atoms with van der Waals surface area (Å²) < 4.78 is 0. The van der Waals surface area contributed by atoms with E-state index in [4.69, 9.17) is 4.98 Å². The predicted molar refractivity (Wildman–Crippen MR) is 131 cm³/mol. The number of hydrogen-bond acceptors (Lipinski definition) is 5. The van der Waals surface area contributed by atoms with Gasteiger partial charge in [0.1, 0.15) is 0 Å². The van der Waals surface area contributed by atoms with Gasteiger partial charge in [-0.1, -0.05) is 78.5 Å². The van der Waals surface area contributed by atoms with E-state index in [1.807, 2.05) is 60.7 Å². The molecular weight excluding hydrogens is 436 g/mol. The van der Waals surface area contributed by atoms with Crippen molar-refractivity contribution in [2.45, 2.75) is 24.3 Å². The van der Waals surface area contributed by atoms with E-state index in [-0.39, 0.29) is 11.6 Å². The van der Waals surface area contributed by atoms with Crippen LogP contribution in [0.3, 0.4) is 0 Å². The molecule has 2 N–H and O–H groups in total. The fourth-order valence-electron chi connectivity index (χ4n) is 3.34. The lowest BCUT2D eigenvalue weighted by molar-refractivity contribution is -0.384. The van der Waals surface area contributed by atoms with Gasteiger partial charge in [0.2, 0.25) is 5.91 Å². The molecule has 7 nitrogen and oxygen atoms in total. The number of nitro benzene ring substituents is 1. The van der Waals surface area contributed by atoms with E-state index >= 15 is 0 Å². The molecule has 0 radical (unpaired) electrons. The second kappa shape index (κ2) is 9.70. The number of non-ortho nitro benzene ring substituents is 1. The molecule has 0 aliphatic rings. The normalized spacial score (nSPS) is 11.7. The van der Waals surface area contributed by atoms with Gasteiger partial charge in [-0.05, 0) is 19.4 Å². The van der Waals surface area contributed by atoms with Crippen molar-refractivity contribution in [1.82, 2.24) is 9.97 Å². The highest BCUT2D eigenvalue weighted by Crippen LogP contribution is 2.34. The number of aromatic amines is 1. The number of anilines is 1. The van der Waals surface area contributed by atoms with E-state index in [1.54, 1.807) is 19.9 Å². The van der Waals surface area contributed by atoms with Crippen molar-refractivity contribution in [3.05, 3.63) is 94.5 Å². The lowest BCUT2D eigenvalue weighted by atomic mass is 10.1. The molecule has 0 spiro atoms. The fraction of sp³-hybridized carbons (Fsp3) is 0.120. The van der Waals surface area contributed by atoms with Crippen LogP contribution in [0.2, 0.25) is 0 Å². The minimum absolute atomic E-state index is 0.0674. The maximum Gasteiger partial charge on any atom is 0.271 e. The van der Waals surface area contributed by atoms with Gasteiger partial charge in [0.25, 0.3) is 5.69 Å². The molecule has 166 valence electrons. The summed E-state index contributed by atoms with van der Waals surface area (Å²) in [6.45, 7) is 3.57. The van der Waals surface area contributed by atoms with Crippen LogP contribution in [0.25, 0.3) is 22.5 Å². The van der Waals surface area contributed by atoms with E-state index in [2.05, 4.69) is 10.3 Å². The summed E-state index contributed by atoms with van der Waals surface area (Å²) in [6.07, 6.45) is 0. The molecule has 0 fully saturated rings. The number of aryl methyl sites for hydroxylation is 1. The number of thioether (sulfide) groups is 1. The van der Waals surface area contributed by atoms with E-state index in [0.717, 1.165) is 28.1 Å². The van der Waals surface area contributed by atoms with Crippen molar-refractivity contribution in [3.8, 4) is 22.5 Å². The molecule has 8 heteroatoms. The second-order valence-corrected chi connectivity index (χ2v) is 8.83. The topological polar surface area (TPSA) is 101 Å². The Bertz CT molecular complexity index is 1230. The lowest BCUT2D eigenvalue weighted by Crippen LogP contribution is -2.23. The number of H-pyrrole nitrogens is 1. The highest BCUT2D eigenvalue weighted by molar-refractivity contribution is 8.00. The summed E-state index contributed by atoms with van der Waals surface area (Å²) >= 11 is 1.30. The first-order valence-electron chi connectivity index (χ1n) is 10.4. The molecule has 4 rings (SSSR count). The van der Waals surface area contributed by atoms with Gasteiger partial charge in [-0.25, -0.2) is 4.98 Å². The van der Waals surface area contributed by atoms with Crippen LogP contribution in [0, 0.1) is 17.0 Å². The average molecular weight is 459 g/mol. The highest BCUT2D eigenvalue weighted by atomic mass is 32.2. The largest absolute Gasteiger partial charge is 0.332 e. The number of nitrogens with one attached hydrogen (secondary N) is 2. The molecule has 1 atom stereocenters. The maximum atomic E-state index is 12.8. The molecule has 1 amide bonds. The van der Waals surface area contributed by atoms with Gasteiger partial charge >= 0.3 is 0 Å². The zero-order chi connectivity index (χ0) is 23.4. The number of benzene rings is 3. The Hall–Kier alpha value is -3.91. The van der Waals surface area contributed by atoms with Gasteiger partial charge in [-0.2, -0.15) is 0 Å². The van der Waals surface area contributed by atoms with Crippen LogP contribution in [0.5, 0.6) is 0 Å². The predicted octanol–water partition coefficient (Wildman–Crippen LogP) is 6.08. The summed E-state index contributed by atoms with van der Waals surface area (Å²) in [5.74, 6) is -0.262. The summed E-state index contributed by atoms with van der Waals surface area (Å²) in [6, 6.07) is 24.2. The zero-order valence-electron chi connectivity index (χ0n) is 18.1. The molecule has 1 aromatic heterocycles. The van der Waals surface area contributed by atoms with Crippen LogP contribution in [0.15, 0.2) is 84.0 Å². The van der Waals surface area contributed by atoms with Crippen LogP contribution in [-0.2, 0) is 4.79 Å². The molecule has 3 aromatic carbocycles. The molecule has 0 saturated heterocycles. The number of imidazole rings is 1. The monoisotopic (exact) mass is 458 g/mol.